The summed E-state index contributed by atoms with van der Waals surface area (Å²) in [6, 6.07) is 1.28. The lowest BCUT2D eigenvalue weighted by atomic mass is 10.1. The third-order valence-corrected chi connectivity index (χ3v) is 2.41. The van der Waals surface area contributed by atoms with Crippen LogP contribution in [0.3, 0.4) is 0 Å². The van der Waals surface area contributed by atoms with Gasteiger partial charge in [0.05, 0.1) is 13.2 Å². The number of halogens is 2. The number of ether oxygens (including phenoxy) is 1. The SMILES string of the molecule is CCCC(N)C(=O)Nc1cc(F)c(OC)c(F)c1. The topological polar surface area (TPSA) is 64.4 Å². The Morgan fingerprint density at radius 2 is 2.00 bits per heavy atom. The molecule has 0 aliphatic heterocycles. The van der Waals surface area contributed by atoms with Gasteiger partial charge in [0.15, 0.2) is 17.4 Å². The molecule has 3 N–H and O–H groups in total. The second-order valence-corrected chi connectivity index (χ2v) is 3.86. The number of hydrogen-bond donors (Lipinski definition) is 2. The smallest absolute Gasteiger partial charge is 0.241 e. The number of benzene rings is 1. The van der Waals surface area contributed by atoms with Crippen LogP contribution >= 0.6 is 0 Å². The fraction of sp³-hybridized carbons (Fsp3) is 0.417. The van der Waals surface area contributed by atoms with E-state index in [1.807, 2.05) is 6.92 Å². The van der Waals surface area contributed by atoms with Crippen LogP contribution in [0, 0.1) is 11.6 Å². The van der Waals surface area contributed by atoms with Gasteiger partial charge in [-0.3, -0.25) is 4.79 Å². The van der Waals surface area contributed by atoms with Crippen molar-refractivity contribution in [3.05, 3.63) is 23.8 Å². The molecular formula is C12H16F2N2O2. The van der Waals surface area contributed by atoms with E-state index in [4.69, 9.17) is 5.73 Å². The van der Waals surface area contributed by atoms with Crippen LogP contribution in [0.4, 0.5) is 14.5 Å². The maximum Gasteiger partial charge on any atom is 0.241 e. The summed E-state index contributed by atoms with van der Waals surface area (Å²) >= 11 is 0. The van der Waals surface area contributed by atoms with Crippen LogP contribution in [0.5, 0.6) is 5.75 Å². The van der Waals surface area contributed by atoms with Gasteiger partial charge in [0.25, 0.3) is 0 Å². The lowest BCUT2D eigenvalue weighted by Crippen LogP contribution is -2.35. The Kier molecular flexibility index (Phi) is 5.03. The quantitative estimate of drug-likeness (QED) is 0.849. The van der Waals surface area contributed by atoms with Crippen molar-refractivity contribution in [2.24, 2.45) is 5.73 Å². The van der Waals surface area contributed by atoms with Crippen LogP contribution in [0.25, 0.3) is 0 Å². The summed E-state index contributed by atoms with van der Waals surface area (Å²) in [5, 5.41) is 2.36. The number of anilines is 1. The molecule has 4 nitrogen and oxygen atoms in total. The Bertz CT molecular complexity index is 415. The van der Waals surface area contributed by atoms with E-state index in [1.165, 1.54) is 0 Å². The van der Waals surface area contributed by atoms with Crippen molar-refractivity contribution in [3.63, 3.8) is 0 Å². The molecule has 1 aromatic rings. The van der Waals surface area contributed by atoms with Crippen molar-refractivity contribution >= 4 is 11.6 Å². The highest BCUT2D eigenvalue weighted by atomic mass is 19.1. The Labute approximate surface area is 104 Å². The summed E-state index contributed by atoms with van der Waals surface area (Å²) < 4.78 is 31.3. The summed E-state index contributed by atoms with van der Waals surface area (Å²) in [4.78, 5) is 11.6. The van der Waals surface area contributed by atoms with Gasteiger partial charge in [-0.25, -0.2) is 8.78 Å². The van der Waals surface area contributed by atoms with E-state index in [1.54, 1.807) is 0 Å². The molecule has 1 aromatic carbocycles. The second-order valence-electron chi connectivity index (χ2n) is 3.86. The first-order chi connectivity index (χ1) is 8.49. The Hall–Kier alpha value is -1.69. The summed E-state index contributed by atoms with van der Waals surface area (Å²) in [6.07, 6.45) is 1.26. The number of hydrogen-bond acceptors (Lipinski definition) is 3. The number of nitrogens with two attached hydrogens (primary N) is 1. The van der Waals surface area contributed by atoms with Gasteiger partial charge in [-0.1, -0.05) is 13.3 Å². The molecule has 0 spiro atoms. The fourth-order valence-corrected chi connectivity index (χ4v) is 1.50. The zero-order valence-corrected chi connectivity index (χ0v) is 10.3. The first-order valence-electron chi connectivity index (χ1n) is 5.59. The average Bonchev–Trinajstić information content (AvgIpc) is 2.28. The van der Waals surface area contributed by atoms with E-state index in [-0.39, 0.29) is 5.69 Å². The first-order valence-corrected chi connectivity index (χ1v) is 5.59. The molecule has 1 rings (SSSR count). The molecule has 0 bridgehead atoms. The minimum Gasteiger partial charge on any atom is -0.491 e. The standard InChI is InChI=1S/C12H16F2N2O2/c1-3-4-10(15)12(17)16-7-5-8(13)11(18-2)9(14)6-7/h5-6,10H,3-4,15H2,1-2H3,(H,16,17). The van der Waals surface area contributed by atoms with Crippen LogP contribution in [0.15, 0.2) is 12.1 Å². The molecule has 0 radical (unpaired) electrons. The van der Waals surface area contributed by atoms with Crippen LogP contribution in [0.2, 0.25) is 0 Å². The lowest BCUT2D eigenvalue weighted by molar-refractivity contribution is -0.117. The van der Waals surface area contributed by atoms with Crippen LogP contribution in [0.1, 0.15) is 19.8 Å². The van der Waals surface area contributed by atoms with Crippen molar-refractivity contribution in [3.8, 4) is 5.75 Å². The van der Waals surface area contributed by atoms with E-state index in [0.717, 1.165) is 25.7 Å². The van der Waals surface area contributed by atoms with Gasteiger partial charge in [0, 0.05) is 17.8 Å². The van der Waals surface area contributed by atoms with Crippen molar-refractivity contribution < 1.29 is 18.3 Å². The third kappa shape index (κ3) is 3.40. The molecule has 6 heteroatoms. The van der Waals surface area contributed by atoms with Crippen molar-refractivity contribution in [2.45, 2.75) is 25.8 Å². The molecule has 1 amide bonds. The molecule has 100 valence electrons. The molecule has 0 saturated carbocycles. The van der Waals surface area contributed by atoms with Crippen LogP contribution in [-0.2, 0) is 4.79 Å². The first kappa shape index (κ1) is 14.4. The molecule has 0 aromatic heterocycles. The third-order valence-electron chi connectivity index (χ3n) is 2.41. The Morgan fingerprint density at radius 3 is 2.44 bits per heavy atom. The molecule has 0 heterocycles. The van der Waals surface area contributed by atoms with Crippen molar-refractivity contribution in [1.82, 2.24) is 0 Å². The summed E-state index contributed by atoms with van der Waals surface area (Å²) in [6.45, 7) is 1.89. The largest absolute Gasteiger partial charge is 0.491 e. The summed E-state index contributed by atoms with van der Waals surface area (Å²) in [5.74, 6) is -2.71. The van der Waals surface area contributed by atoms with Gasteiger partial charge in [0.1, 0.15) is 0 Å². The molecule has 0 saturated heterocycles. The maximum atomic E-state index is 13.4. The Morgan fingerprint density at radius 1 is 1.44 bits per heavy atom. The summed E-state index contributed by atoms with van der Waals surface area (Å²) in [7, 11) is 1.16. The summed E-state index contributed by atoms with van der Waals surface area (Å²) in [5.41, 5.74) is 5.60. The van der Waals surface area contributed by atoms with Gasteiger partial charge in [-0.05, 0) is 6.42 Å². The molecule has 0 fully saturated rings. The van der Waals surface area contributed by atoms with Crippen molar-refractivity contribution in [1.29, 1.82) is 0 Å². The molecule has 18 heavy (non-hydrogen) atoms. The van der Waals surface area contributed by atoms with Crippen LogP contribution in [-0.4, -0.2) is 19.1 Å². The number of amides is 1. The van der Waals surface area contributed by atoms with Gasteiger partial charge < -0.3 is 15.8 Å². The minimum atomic E-state index is -0.878. The number of rotatable bonds is 5. The van der Waals surface area contributed by atoms with Crippen LogP contribution < -0.4 is 15.8 Å². The van der Waals surface area contributed by atoms with Crippen molar-refractivity contribution in [2.75, 3.05) is 12.4 Å². The second kappa shape index (κ2) is 6.30. The average molecular weight is 258 g/mol. The molecule has 1 atom stereocenters. The highest BCUT2D eigenvalue weighted by Gasteiger charge is 2.16. The van der Waals surface area contributed by atoms with Gasteiger partial charge in [-0.15, -0.1) is 0 Å². The molecule has 1 unspecified atom stereocenters. The van der Waals surface area contributed by atoms with Gasteiger partial charge in [0.2, 0.25) is 5.91 Å². The van der Waals surface area contributed by atoms with E-state index < -0.39 is 29.3 Å². The number of carbonyl (C=O) groups is 1. The minimum absolute atomic E-state index is 0.0161. The predicted octanol–water partition coefficient (Wildman–Crippen LogP) is 2.04. The molecular weight excluding hydrogens is 242 g/mol. The maximum absolute atomic E-state index is 13.4. The molecule has 0 aliphatic carbocycles. The number of carbonyl (C=O) groups excluding carboxylic acids is 1. The predicted molar refractivity (Wildman–Crippen MR) is 64.4 cm³/mol. The highest BCUT2D eigenvalue weighted by molar-refractivity contribution is 5.94. The lowest BCUT2D eigenvalue weighted by Gasteiger charge is -2.12. The van der Waals surface area contributed by atoms with Gasteiger partial charge >= 0.3 is 0 Å². The molecule has 0 aliphatic rings. The van der Waals surface area contributed by atoms with E-state index in [0.29, 0.717) is 6.42 Å². The zero-order valence-electron chi connectivity index (χ0n) is 10.3. The monoisotopic (exact) mass is 258 g/mol. The van der Waals surface area contributed by atoms with E-state index >= 15 is 0 Å². The van der Waals surface area contributed by atoms with E-state index in [9.17, 15) is 13.6 Å². The zero-order chi connectivity index (χ0) is 13.7. The number of nitrogens with one attached hydrogen (secondary N) is 1. The normalized spacial score (nSPS) is 12.1. The van der Waals surface area contributed by atoms with E-state index in [2.05, 4.69) is 10.1 Å². The van der Waals surface area contributed by atoms with Gasteiger partial charge in [-0.2, -0.15) is 0 Å². The fourth-order valence-electron chi connectivity index (χ4n) is 1.50. The number of methoxy groups -OCH3 is 1. The highest BCUT2D eigenvalue weighted by Crippen LogP contribution is 2.25. The Balaban J connectivity index is 2.83.